The fraction of sp³-hybridized carbons (Fsp3) is 0.125. The summed E-state index contributed by atoms with van der Waals surface area (Å²) in [6.07, 6.45) is 5.10. The maximum absolute atomic E-state index is 12.6. The van der Waals surface area contributed by atoms with Gasteiger partial charge in [-0.3, -0.25) is 4.79 Å². The van der Waals surface area contributed by atoms with Crippen LogP contribution in [-0.2, 0) is 23.2 Å². The van der Waals surface area contributed by atoms with Crippen LogP contribution in [0.5, 0.6) is 5.75 Å². The molecule has 2 N–H and O–H groups in total. The van der Waals surface area contributed by atoms with Gasteiger partial charge in [-0.2, -0.15) is 4.72 Å². The zero-order valence-electron chi connectivity index (χ0n) is 16.7. The fourth-order valence-electron chi connectivity index (χ4n) is 2.83. The van der Waals surface area contributed by atoms with E-state index in [1.165, 1.54) is 18.2 Å². The van der Waals surface area contributed by atoms with Gasteiger partial charge in [-0.15, -0.1) is 6.42 Å². The average molecular weight is 435 g/mol. The van der Waals surface area contributed by atoms with Gasteiger partial charge in [0.1, 0.15) is 12.4 Å². The number of benzene rings is 3. The minimum Gasteiger partial charge on any atom is -0.489 e. The number of carbonyl (C=O) groups excluding carboxylic acids is 1. The highest BCUT2D eigenvalue weighted by Crippen LogP contribution is 2.20. The lowest BCUT2D eigenvalue weighted by Crippen LogP contribution is -2.26. The van der Waals surface area contributed by atoms with Crippen molar-refractivity contribution < 1.29 is 17.9 Å². The van der Waals surface area contributed by atoms with Gasteiger partial charge in [-0.05, 0) is 29.8 Å². The Morgan fingerprint density at radius 1 is 0.968 bits per heavy atom. The van der Waals surface area contributed by atoms with Crippen LogP contribution in [0, 0.1) is 12.3 Å². The van der Waals surface area contributed by atoms with Crippen LogP contribution in [0.15, 0.2) is 83.8 Å². The molecule has 0 aliphatic heterocycles. The Labute approximate surface area is 182 Å². The molecule has 0 saturated heterocycles. The number of ether oxygens (including phenoxy) is 1. The number of para-hydroxylation sites is 1. The van der Waals surface area contributed by atoms with E-state index in [9.17, 15) is 13.2 Å². The summed E-state index contributed by atoms with van der Waals surface area (Å²) in [6, 6.07) is 23.0. The number of carbonyl (C=O) groups is 1. The third kappa shape index (κ3) is 6.19. The van der Waals surface area contributed by atoms with Crippen LogP contribution < -0.4 is 14.8 Å². The number of amides is 1. The third-order valence-corrected chi connectivity index (χ3v) is 5.82. The van der Waals surface area contributed by atoms with E-state index in [1.807, 2.05) is 54.6 Å². The lowest BCUT2D eigenvalue weighted by molar-refractivity contribution is 0.0950. The van der Waals surface area contributed by atoms with E-state index in [4.69, 9.17) is 11.2 Å². The molecule has 3 aromatic rings. The molecule has 0 fully saturated rings. The Bertz CT molecular complexity index is 1190. The Kier molecular flexibility index (Phi) is 7.44. The molecule has 3 aromatic carbocycles. The van der Waals surface area contributed by atoms with Gasteiger partial charge < -0.3 is 10.1 Å². The minimum absolute atomic E-state index is 0.0259. The summed E-state index contributed by atoms with van der Waals surface area (Å²) < 4.78 is 32.6. The topological polar surface area (TPSA) is 84.5 Å². The molecule has 0 saturated carbocycles. The maximum Gasteiger partial charge on any atom is 0.251 e. The Morgan fingerprint density at radius 3 is 2.48 bits per heavy atom. The van der Waals surface area contributed by atoms with Crippen LogP contribution in [0.25, 0.3) is 0 Å². The average Bonchev–Trinajstić information content (AvgIpc) is 2.81. The number of terminal acetylenes is 1. The van der Waals surface area contributed by atoms with E-state index >= 15 is 0 Å². The van der Waals surface area contributed by atoms with Crippen LogP contribution in [-0.4, -0.2) is 20.9 Å². The van der Waals surface area contributed by atoms with E-state index in [1.54, 1.807) is 6.07 Å². The van der Waals surface area contributed by atoms with Crippen molar-refractivity contribution in [3.8, 4) is 18.1 Å². The molecule has 0 atom stereocenters. The van der Waals surface area contributed by atoms with E-state index in [2.05, 4.69) is 16.0 Å². The molecule has 158 valence electrons. The Hall–Kier alpha value is -3.60. The highest BCUT2D eigenvalue weighted by molar-refractivity contribution is 7.89. The van der Waals surface area contributed by atoms with Crippen LogP contribution >= 0.6 is 0 Å². The SMILES string of the molecule is C#CCNS(=O)(=O)c1cccc(C(=O)NCc2ccccc2OCc2ccccc2)c1. The molecular weight excluding hydrogens is 412 g/mol. The Balaban J connectivity index is 1.66. The molecule has 31 heavy (non-hydrogen) atoms. The van der Waals surface area contributed by atoms with Crippen molar-refractivity contribution >= 4 is 15.9 Å². The van der Waals surface area contributed by atoms with Gasteiger partial charge in [-0.25, -0.2) is 8.42 Å². The molecule has 0 radical (unpaired) electrons. The second-order valence-electron chi connectivity index (χ2n) is 6.62. The molecule has 0 bridgehead atoms. The Morgan fingerprint density at radius 2 is 1.71 bits per heavy atom. The predicted molar refractivity (Wildman–Crippen MR) is 119 cm³/mol. The number of rotatable bonds is 9. The van der Waals surface area contributed by atoms with Crippen LogP contribution in [0.1, 0.15) is 21.5 Å². The van der Waals surface area contributed by atoms with Gasteiger partial charge in [0.15, 0.2) is 0 Å². The van der Waals surface area contributed by atoms with Gasteiger partial charge in [0.25, 0.3) is 5.91 Å². The lowest BCUT2D eigenvalue weighted by Gasteiger charge is -2.13. The van der Waals surface area contributed by atoms with Gasteiger partial charge in [0.2, 0.25) is 10.0 Å². The molecular formula is C24H22N2O4S. The zero-order chi connectivity index (χ0) is 22.1. The largest absolute Gasteiger partial charge is 0.489 e. The summed E-state index contributed by atoms with van der Waals surface area (Å²) in [5, 5.41) is 2.81. The summed E-state index contributed by atoms with van der Waals surface area (Å²) in [7, 11) is -3.78. The zero-order valence-corrected chi connectivity index (χ0v) is 17.6. The summed E-state index contributed by atoms with van der Waals surface area (Å²) in [6.45, 7) is 0.519. The molecule has 7 heteroatoms. The highest BCUT2D eigenvalue weighted by atomic mass is 32.2. The smallest absolute Gasteiger partial charge is 0.251 e. The molecule has 1 amide bonds. The summed E-state index contributed by atoms with van der Waals surface area (Å²) in [5.41, 5.74) is 2.08. The van der Waals surface area contributed by atoms with Crippen LogP contribution in [0.3, 0.4) is 0 Å². The van der Waals surface area contributed by atoms with E-state index in [0.717, 1.165) is 11.1 Å². The molecule has 0 spiro atoms. The quantitative estimate of drug-likeness (QED) is 0.507. The summed E-state index contributed by atoms with van der Waals surface area (Å²) in [5.74, 6) is 2.49. The normalized spacial score (nSPS) is 10.8. The number of hydrogen-bond donors (Lipinski definition) is 2. The van der Waals surface area contributed by atoms with Crippen molar-refractivity contribution in [3.63, 3.8) is 0 Å². The molecule has 0 unspecified atom stereocenters. The molecule has 0 heterocycles. The minimum atomic E-state index is -3.78. The fourth-order valence-corrected chi connectivity index (χ4v) is 3.81. The van der Waals surface area contributed by atoms with Crippen molar-refractivity contribution in [2.45, 2.75) is 18.0 Å². The first-order valence-electron chi connectivity index (χ1n) is 9.55. The van der Waals surface area contributed by atoms with Crippen molar-refractivity contribution in [1.29, 1.82) is 0 Å². The van der Waals surface area contributed by atoms with Crippen LogP contribution in [0.4, 0.5) is 0 Å². The van der Waals surface area contributed by atoms with E-state index < -0.39 is 15.9 Å². The van der Waals surface area contributed by atoms with Gasteiger partial charge in [-0.1, -0.05) is 60.5 Å². The monoisotopic (exact) mass is 434 g/mol. The van der Waals surface area contributed by atoms with E-state index in [0.29, 0.717) is 12.4 Å². The first-order chi connectivity index (χ1) is 15.0. The van der Waals surface area contributed by atoms with Gasteiger partial charge in [0.05, 0.1) is 11.4 Å². The highest BCUT2D eigenvalue weighted by Gasteiger charge is 2.16. The first kappa shape index (κ1) is 22.1. The lowest BCUT2D eigenvalue weighted by atomic mass is 10.1. The van der Waals surface area contributed by atoms with Gasteiger partial charge >= 0.3 is 0 Å². The second kappa shape index (κ2) is 10.4. The van der Waals surface area contributed by atoms with Gasteiger partial charge in [0, 0.05) is 17.7 Å². The number of nitrogens with one attached hydrogen (secondary N) is 2. The van der Waals surface area contributed by atoms with E-state index in [-0.39, 0.29) is 23.5 Å². The van der Waals surface area contributed by atoms with Crippen molar-refractivity contribution in [2.75, 3.05) is 6.54 Å². The first-order valence-corrected chi connectivity index (χ1v) is 11.0. The maximum atomic E-state index is 12.6. The second-order valence-corrected chi connectivity index (χ2v) is 8.39. The summed E-state index contributed by atoms with van der Waals surface area (Å²) in [4.78, 5) is 12.6. The molecule has 0 aliphatic carbocycles. The van der Waals surface area contributed by atoms with Crippen LogP contribution in [0.2, 0.25) is 0 Å². The third-order valence-electron chi connectivity index (χ3n) is 4.42. The summed E-state index contributed by atoms with van der Waals surface area (Å²) >= 11 is 0. The number of hydrogen-bond acceptors (Lipinski definition) is 4. The molecule has 0 aromatic heterocycles. The predicted octanol–water partition coefficient (Wildman–Crippen LogP) is 3.11. The molecule has 3 rings (SSSR count). The van der Waals surface area contributed by atoms with Crippen molar-refractivity contribution in [3.05, 3.63) is 95.6 Å². The molecule has 0 aliphatic rings. The standard InChI is InChI=1S/C24H22N2O4S/c1-2-15-26-31(28,29)22-13-8-12-20(16-22)24(27)25-17-21-11-6-7-14-23(21)30-18-19-9-4-3-5-10-19/h1,3-14,16,26H,15,17-18H2,(H,25,27). The van der Waals surface area contributed by atoms with Crippen molar-refractivity contribution in [2.24, 2.45) is 0 Å². The number of sulfonamides is 1. The van der Waals surface area contributed by atoms with Crippen molar-refractivity contribution in [1.82, 2.24) is 10.0 Å². The molecule has 6 nitrogen and oxygen atoms in total.